The molecule has 1 aromatic carbocycles. The molecular formula is C23H30N4O5. The van der Waals surface area contributed by atoms with Crippen LogP contribution < -0.4 is 20.7 Å². The van der Waals surface area contributed by atoms with Gasteiger partial charge in [0.2, 0.25) is 0 Å². The van der Waals surface area contributed by atoms with Gasteiger partial charge in [0.25, 0.3) is 5.56 Å². The number of Topliss-reactive ketones (excluding diaryl/α,β-unsaturated/α-hetero) is 1. The number of aromatic nitrogens is 2. The van der Waals surface area contributed by atoms with Crippen LogP contribution in [0.1, 0.15) is 68.5 Å². The predicted molar refractivity (Wildman–Crippen MR) is 121 cm³/mol. The third kappa shape index (κ3) is 4.99. The summed E-state index contributed by atoms with van der Waals surface area (Å²) in [5, 5.41) is 1.75. The van der Waals surface area contributed by atoms with E-state index in [1.54, 1.807) is 23.2 Å². The van der Waals surface area contributed by atoms with Gasteiger partial charge in [-0.1, -0.05) is 13.8 Å². The van der Waals surface area contributed by atoms with Gasteiger partial charge in [0.1, 0.15) is 17.3 Å². The van der Waals surface area contributed by atoms with Gasteiger partial charge in [-0.15, -0.1) is 0 Å². The maximum absolute atomic E-state index is 13.1. The molecule has 2 aromatic rings. The number of nitrogens with zero attached hydrogens (tertiary/aromatic N) is 2. The van der Waals surface area contributed by atoms with E-state index >= 15 is 0 Å². The fourth-order valence-corrected chi connectivity index (χ4v) is 3.65. The second kappa shape index (κ2) is 10.4. The molecule has 1 unspecified atom stereocenters. The molecule has 2 heterocycles. The normalized spacial score (nSPS) is 14.9. The molecule has 2 N–H and O–H groups in total. The van der Waals surface area contributed by atoms with E-state index in [4.69, 9.17) is 9.72 Å². The average Bonchev–Trinajstić information content (AvgIpc) is 3.15. The lowest BCUT2D eigenvalue weighted by Gasteiger charge is -2.19. The fourth-order valence-electron chi connectivity index (χ4n) is 3.65. The van der Waals surface area contributed by atoms with E-state index in [2.05, 4.69) is 15.1 Å². The Balaban J connectivity index is 2.00. The van der Waals surface area contributed by atoms with Crippen molar-refractivity contribution in [1.82, 2.24) is 15.4 Å². The van der Waals surface area contributed by atoms with Gasteiger partial charge in [-0.05, 0) is 44.4 Å². The molecule has 3 rings (SSSR count). The van der Waals surface area contributed by atoms with Crippen LogP contribution in [0.5, 0.6) is 5.75 Å². The zero-order chi connectivity index (χ0) is 23.3. The van der Waals surface area contributed by atoms with Crippen molar-refractivity contribution in [3.63, 3.8) is 0 Å². The molecule has 9 heteroatoms. The lowest BCUT2D eigenvalue weighted by Crippen LogP contribution is -2.37. The first kappa shape index (κ1) is 23.5. The number of anilines is 1. The molecule has 1 atom stereocenters. The van der Waals surface area contributed by atoms with Gasteiger partial charge in [-0.2, -0.15) is 0 Å². The predicted octanol–water partition coefficient (Wildman–Crippen LogP) is 3.16. The monoisotopic (exact) mass is 442 g/mol. The average molecular weight is 443 g/mol. The minimum absolute atomic E-state index is 0.0818. The summed E-state index contributed by atoms with van der Waals surface area (Å²) >= 11 is 0. The summed E-state index contributed by atoms with van der Waals surface area (Å²) in [4.78, 5) is 44.1. The molecule has 0 saturated heterocycles. The Morgan fingerprint density at radius 1 is 1.25 bits per heavy atom. The van der Waals surface area contributed by atoms with Crippen LogP contribution >= 0.6 is 0 Å². The number of fused-ring (bicyclic) bond motifs is 1. The maximum atomic E-state index is 13.1. The molecule has 0 fully saturated rings. The Morgan fingerprint density at radius 3 is 2.69 bits per heavy atom. The van der Waals surface area contributed by atoms with Gasteiger partial charge in [-0.25, -0.2) is 10.4 Å². The first-order valence-electron chi connectivity index (χ1n) is 10.9. The topological polar surface area (TPSA) is 114 Å². The Hall–Kier alpha value is -3.20. The summed E-state index contributed by atoms with van der Waals surface area (Å²) in [6.07, 6.45) is 2.35. The standard InChI is InChI=1S/C23H30N4O5/c1-5-12-32-18-10-9-15(14(3)28)13-16(18)22-24-20-17(6-2)26-27(21(20)23(30)25-22)11-7-8-19(29)31-4/h9-10,13,17,26H,5-8,11-12H2,1-4H3,(H,24,25,30). The molecule has 1 aromatic heterocycles. The quantitative estimate of drug-likeness (QED) is 0.426. The van der Waals surface area contributed by atoms with E-state index in [0.29, 0.717) is 53.7 Å². The van der Waals surface area contributed by atoms with E-state index in [-0.39, 0.29) is 29.8 Å². The number of methoxy groups -OCH3 is 1. The van der Waals surface area contributed by atoms with Crippen LogP contribution in [0, 0.1) is 0 Å². The SMILES string of the molecule is CCCOc1ccc(C(C)=O)cc1-c1nc2c(c(=O)[nH]1)N(CCCC(=O)OC)NC2CC. The van der Waals surface area contributed by atoms with Crippen LogP contribution in [0.4, 0.5) is 5.69 Å². The second-order valence-corrected chi connectivity index (χ2v) is 7.69. The number of carbonyl (C=O) groups is 2. The first-order chi connectivity index (χ1) is 15.4. The highest BCUT2D eigenvalue weighted by Gasteiger charge is 2.32. The Bertz CT molecular complexity index is 1050. The van der Waals surface area contributed by atoms with E-state index < -0.39 is 0 Å². The van der Waals surface area contributed by atoms with Crippen LogP contribution in [0.15, 0.2) is 23.0 Å². The maximum Gasteiger partial charge on any atom is 0.305 e. The van der Waals surface area contributed by atoms with E-state index in [0.717, 1.165) is 12.8 Å². The second-order valence-electron chi connectivity index (χ2n) is 7.69. The van der Waals surface area contributed by atoms with Gasteiger partial charge in [0, 0.05) is 18.5 Å². The van der Waals surface area contributed by atoms with Crippen molar-refractivity contribution in [3.8, 4) is 17.1 Å². The van der Waals surface area contributed by atoms with Crippen molar-refractivity contribution in [2.75, 3.05) is 25.3 Å². The van der Waals surface area contributed by atoms with Crippen molar-refractivity contribution in [2.24, 2.45) is 0 Å². The number of benzene rings is 1. The van der Waals surface area contributed by atoms with Crippen LogP contribution in [-0.4, -0.2) is 42.0 Å². The molecule has 0 amide bonds. The van der Waals surface area contributed by atoms with Crippen molar-refractivity contribution >= 4 is 17.4 Å². The van der Waals surface area contributed by atoms with E-state index in [9.17, 15) is 14.4 Å². The number of ether oxygens (including phenoxy) is 2. The van der Waals surface area contributed by atoms with Gasteiger partial charge >= 0.3 is 5.97 Å². The summed E-state index contributed by atoms with van der Waals surface area (Å²) in [5.41, 5.74) is 5.19. The van der Waals surface area contributed by atoms with E-state index in [1.807, 2.05) is 13.8 Å². The highest BCUT2D eigenvalue weighted by molar-refractivity contribution is 5.95. The van der Waals surface area contributed by atoms with E-state index in [1.165, 1.54) is 14.0 Å². The molecule has 1 aliphatic heterocycles. The number of nitrogens with one attached hydrogen (secondary N) is 2. The Labute approximate surface area is 187 Å². The molecule has 9 nitrogen and oxygen atoms in total. The smallest absolute Gasteiger partial charge is 0.305 e. The zero-order valence-electron chi connectivity index (χ0n) is 19.0. The van der Waals surface area contributed by atoms with Crippen molar-refractivity contribution in [1.29, 1.82) is 0 Å². The first-order valence-corrected chi connectivity index (χ1v) is 10.9. The highest BCUT2D eigenvalue weighted by atomic mass is 16.5. The van der Waals surface area contributed by atoms with Crippen LogP contribution in [0.2, 0.25) is 0 Å². The number of H-pyrrole nitrogens is 1. The molecule has 172 valence electrons. The minimum atomic E-state index is -0.291. The van der Waals surface area contributed by atoms with Crippen LogP contribution in [0.3, 0.4) is 0 Å². The third-order valence-corrected chi connectivity index (χ3v) is 5.33. The molecule has 0 bridgehead atoms. The molecule has 0 radical (unpaired) electrons. The van der Waals surface area contributed by atoms with Crippen molar-refractivity contribution in [3.05, 3.63) is 39.8 Å². The number of hydrogen-bond acceptors (Lipinski definition) is 8. The van der Waals surface area contributed by atoms with Gasteiger partial charge in [-0.3, -0.25) is 14.4 Å². The molecular weight excluding hydrogens is 412 g/mol. The lowest BCUT2D eigenvalue weighted by molar-refractivity contribution is -0.140. The number of rotatable bonds is 10. The zero-order valence-corrected chi connectivity index (χ0v) is 19.0. The number of hydrogen-bond donors (Lipinski definition) is 2. The Morgan fingerprint density at radius 2 is 2.03 bits per heavy atom. The molecule has 0 aliphatic carbocycles. The summed E-state index contributed by atoms with van der Waals surface area (Å²) in [6, 6.07) is 5.01. The number of esters is 1. The molecule has 1 aliphatic rings. The van der Waals surface area contributed by atoms with Crippen LogP contribution in [0.25, 0.3) is 11.4 Å². The van der Waals surface area contributed by atoms with Gasteiger partial charge < -0.3 is 19.5 Å². The van der Waals surface area contributed by atoms with Crippen molar-refractivity contribution < 1.29 is 19.1 Å². The van der Waals surface area contributed by atoms with Gasteiger partial charge in [0.15, 0.2) is 5.78 Å². The molecule has 0 spiro atoms. The summed E-state index contributed by atoms with van der Waals surface area (Å²) < 4.78 is 10.5. The van der Waals surface area contributed by atoms with Gasteiger partial charge in [0.05, 0.1) is 31.0 Å². The van der Waals surface area contributed by atoms with Crippen molar-refractivity contribution in [2.45, 2.75) is 52.5 Å². The fraction of sp³-hybridized carbons (Fsp3) is 0.478. The number of ketones is 1. The van der Waals surface area contributed by atoms with Crippen LogP contribution in [-0.2, 0) is 9.53 Å². The number of aromatic amines is 1. The third-order valence-electron chi connectivity index (χ3n) is 5.33. The summed E-state index contributed by atoms with van der Waals surface area (Å²) in [5.74, 6) is 0.555. The number of hydrazine groups is 1. The summed E-state index contributed by atoms with van der Waals surface area (Å²) in [7, 11) is 1.36. The molecule has 32 heavy (non-hydrogen) atoms. The lowest BCUT2D eigenvalue weighted by atomic mass is 10.1. The highest BCUT2D eigenvalue weighted by Crippen LogP contribution is 2.34. The summed E-state index contributed by atoms with van der Waals surface area (Å²) in [6.45, 7) is 6.48. The molecule has 0 saturated carbocycles. The Kier molecular flexibility index (Phi) is 7.63. The minimum Gasteiger partial charge on any atom is -0.493 e. The largest absolute Gasteiger partial charge is 0.493 e. The number of carbonyl (C=O) groups excluding carboxylic acids is 2.